The third-order valence-corrected chi connectivity index (χ3v) is 2.72. The van der Waals surface area contributed by atoms with Crippen LogP contribution in [0.1, 0.15) is 35.8 Å². The summed E-state index contributed by atoms with van der Waals surface area (Å²) in [6.45, 7) is 1.75. The Kier molecular flexibility index (Phi) is 3.76. The van der Waals surface area contributed by atoms with Crippen molar-refractivity contribution < 1.29 is 22.1 Å². The smallest absolute Gasteiger partial charge is 0.339 e. The first-order valence-electron chi connectivity index (χ1n) is 5.77. The van der Waals surface area contributed by atoms with E-state index in [0.29, 0.717) is 12.5 Å². The Labute approximate surface area is 111 Å². The summed E-state index contributed by atoms with van der Waals surface area (Å²) >= 11 is 0. The largest absolute Gasteiger partial charge is 0.416 e. The van der Waals surface area contributed by atoms with E-state index in [0.717, 1.165) is 12.1 Å². The first-order valence-corrected chi connectivity index (χ1v) is 5.77. The second kappa shape index (κ2) is 5.20. The molecule has 1 heterocycles. The molecule has 0 saturated heterocycles. The van der Waals surface area contributed by atoms with E-state index in [-0.39, 0.29) is 17.3 Å². The molecular formula is C12H11F4N3O. The van der Waals surface area contributed by atoms with Crippen molar-refractivity contribution >= 4 is 0 Å². The number of nitrogens with zero attached hydrogens (tertiary/aromatic N) is 2. The number of rotatable bonds is 3. The van der Waals surface area contributed by atoms with Crippen molar-refractivity contribution in [2.75, 3.05) is 0 Å². The Morgan fingerprint density at radius 3 is 2.60 bits per heavy atom. The normalized spacial score (nSPS) is 13.5. The Bertz CT molecular complexity index is 609. The molecule has 4 nitrogen and oxygen atoms in total. The Balaban J connectivity index is 2.46. The van der Waals surface area contributed by atoms with E-state index in [9.17, 15) is 17.6 Å². The maximum Gasteiger partial charge on any atom is 0.416 e. The first-order chi connectivity index (χ1) is 9.32. The van der Waals surface area contributed by atoms with Crippen molar-refractivity contribution in [2.45, 2.75) is 25.6 Å². The molecule has 0 spiro atoms. The van der Waals surface area contributed by atoms with Gasteiger partial charge in [0.05, 0.1) is 11.6 Å². The highest BCUT2D eigenvalue weighted by atomic mass is 19.4. The summed E-state index contributed by atoms with van der Waals surface area (Å²) in [6.07, 6.45) is -4.28. The van der Waals surface area contributed by atoms with Crippen molar-refractivity contribution in [2.24, 2.45) is 5.73 Å². The zero-order valence-corrected chi connectivity index (χ0v) is 10.4. The highest BCUT2D eigenvalue weighted by molar-refractivity contribution is 5.35. The van der Waals surface area contributed by atoms with E-state index in [4.69, 9.17) is 10.3 Å². The van der Waals surface area contributed by atoms with Gasteiger partial charge in [0, 0.05) is 6.42 Å². The summed E-state index contributed by atoms with van der Waals surface area (Å²) in [6, 6.07) is 1.04. The van der Waals surface area contributed by atoms with Crippen molar-refractivity contribution in [3.8, 4) is 0 Å². The zero-order valence-electron chi connectivity index (χ0n) is 10.4. The maximum atomic E-state index is 13.0. The lowest BCUT2D eigenvalue weighted by atomic mass is 10.00. The van der Waals surface area contributed by atoms with E-state index < -0.39 is 23.6 Å². The lowest BCUT2D eigenvalue weighted by molar-refractivity contribution is -0.138. The minimum Gasteiger partial charge on any atom is -0.339 e. The van der Waals surface area contributed by atoms with Gasteiger partial charge in [-0.2, -0.15) is 18.2 Å². The summed E-state index contributed by atoms with van der Waals surface area (Å²) < 4.78 is 56.5. The average molecular weight is 289 g/mol. The molecule has 0 aliphatic heterocycles. The molecule has 1 aromatic heterocycles. The van der Waals surface area contributed by atoms with Gasteiger partial charge in [-0.05, 0) is 17.7 Å². The average Bonchev–Trinajstić information content (AvgIpc) is 2.85. The van der Waals surface area contributed by atoms with Crippen LogP contribution in [0.25, 0.3) is 0 Å². The molecule has 0 saturated carbocycles. The molecule has 0 fully saturated rings. The monoisotopic (exact) mass is 289 g/mol. The second-order valence-electron chi connectivity index (χ2n) is 4.11. The first kappa shape index (κ1) is 14.4. The Morgan fingerprint density at radius 2 is 2.05 bits per heavy atom. The molecule has 2 aromatic rings. The number of nitrogens with two attached hydrogens (primary N) is 1. The molecule has 8 heteroatoms. The van der Waals surface area contributed by atoms with Crippen LogP contribution in [0.5, 0.6) is 0 Å². The standard InChI is InChI=1S/C12H11F4N3O/c1-2-9-18-11(19-20-9)10(17)7-4-3-6(13)5-8(7)12(14,15)16/h3-5,10H,2,17H2,1H3. The predicted molar refractivity (Wildman–Crippen MR) is 61.1 cm³/mol. The highest BCUT2D eigenvalue weighted by Gasteiger charge is 2.36. The highest BCUT2D eigenvalue weighted by Crippen LogP contribution is 2.35. The number of hydrogen-bond donors (Lipinski definition) is 1. The van der Waals surface area contributed by atoms with Crippen LogP contribution in [-0.2, 0) is 12.6 Å². The fraction of sp³-hybridized carbons (Fsp3) is 0.333. The van der Waals surface area contributed by atoms with Gasteiger partial charge < -0.3 is 10.3 Å². The summed E-state index contributed by atoms with van der Waals surface area (Å²) in [7, 11) is 0. The van der Waals surface area contributed by atoms with Crippen LogP contribution < -0.4 is 5.73 Å². The predicted octanol–water partition coefficient (Wildman–Crippen LogP) is 2.84. The molecule has 0 amide bonds. The van der Waals surface area contributed by atoms with Crippen LogP contribution in [0.15, 0.2) is 22.7 Å². The number of benzene rings is 1. The van der Waals surface area contributed by atoms with Crippen LogP contribution in [-0.4, -0.2) is 10.1 Å². The fourth-order valence-corrected chi connectivity index (χ4v) is 1.72. The minimum absolute atomic E-state index is 0.0704. The van der Waals surface area contributed by atoms with Crippen LogP contribution in [0.2, 0.25) is 0 Å². The number of aromatic nitrogens is 2. The van der Waals surface area contributed by atoms with Crippen molar-refractivity contribution in [3.05, 3.63) is 46.9 Å². The van der Waals surface area contributed by atoms with Crippen molar-refractivity contribution in [1.82, 2.24) is 10.1 Å². The fourth-order valence-electron chi connectivity index (χ4n) is 1.72. The third-order valence-electron chi connectivity index (χ3n) is 2.72. The second-order valence-corrected chi connectivity index (χ2v) is 4.11. The Hall–Kier alpha value is -1.96. The van der Waals surface area contributed by atoms with Crippen LogP contribution in [0, 0.1) is 5.82 Å². The molecule has 0 radical (unpaired) electrons. The summed E-state index contributed by atoms with van der Waals surface area (Å²) in [4.78, 5) is 3.89. The van der Waals surface area contributed by atoms with Crippen molar-refractivity contribution in [1.29, 1.82) is 0 Å². The summed E-state index contributed by atoms with van der Waals surface area (Å²) in [5.41, 5.74) is 4.28. The van der Waals surface area contributed by atoms with Crippen LogP contribution in [0.3, 0.4) is 0 Å². The van der Waals surface area contributed by atoms with Crippen LogP contribution in [0.4, 0.5) is 17.6 Å². The van der Waals surface area contributed by atoms with Gasteiger partial charge in [0.15, 0.2) is 5.82 Å². The van der Waals surface area contributed by atoms with Crippen molar-refractivity contribution in [3.63, 3.8) is 0 Å². The summed E-state index contributed by atoms with van der Waals surface area (Å²) in [5, 5.41) is 3.54. The van der Waals surface area contributed by atoms with Gasteiger partial charge in [-0.25, -0.2) is 4.39 Å². The third kappa shape index (κ3) is 2.79. The molecule has 20 heavy (non-hydrogen) atoms. The lowest BCUT2D eigenvalue weighted by Gasteiger charge is -2.16. The Morgan fingerprint density at radius 1 is 1.35 bits per heavy atom. The summed E-state index contributed by atoms with van der Waals surface area (Å²) in [5.74, 6) is -0.791. The maximum absolute atomic E-state index is 13.0. The van der Waals surface area contributed by atoms with Gasteiger partial charge in [0.25, 0.3) is 0 Å². The van der Waals surface area contributed by atoms with Gasteiger partial charge in [-0.1, -0.05) is 18.1 Å². The SMILES string of the molecule is CCc1nc(C(N)c2ccc(F)cc2C(F)(F)F)no1. The number of halogens is 4. The van der Waals surface area contributed by atoms with Gasteiger partial charge in [-0.15, -0.1) is 0 Å². The molecule has 1 atom stereocenters. The molecule has 0 aliphatic rings. The van der Waals surface area contributed by atoms with E-state index in [1.54, 1.807) is 6.92 Å². The lowest BCUT2D eigenvalue weighted by Crippen LogP contribution is -2.20. The molecule has 2 rings (SSSR count). The zero-order chi connectivity index (χ0) is 14.9. The molecule has 0 bridgehead atoms. The van der Waals surface area contributed by atoms with E-state index in [1.807, 2.05) is 0 Å². The quantitative estimate of drug-likeness (QED) is 0.882. The van der Waals surface area contributed by atoms with Gasteiger partial charge in [-0.3, -0.25) is 0 Å². The molecule has 108 valence electrons. The number of alkyl halides is 3. The number of hydrogen-bond acceptors (Lipinski definition) is 4. The van der Waals surface area contributed by atoms with Gasteiger partial charge in [0.2, 0.25) is 5.89 Å². The van der Waals surface area contributed by atoms with E-state index >= 15 is 0 Å². The topological polar surface area (TPSA) is 64.9 Å². The molecule has 2 N–H and O–H groups in total. The molecular weight excluding hydrogens is 278 g/mol. The minimum atomic E-state index is -4.72. The molecule has 1 unspecified atom stereocenters. The van der Waals surface area contributed by atoms with Gasteiger partial charge in [0.1, 0.15) is 5.82 Å². The number of aryl methyl sites for hydroxylation is 1. The van der Waals surface area contributed by atoms with Gasteiger partial charge >= 0.3 is 6.18 Å². The molecule has 1 aromatic carbocycles. The van der Waals surface area contributed by atoms with E-state index in [2.05, 4.69) is 10.1 Å². The molecule has 0 aliphatic carbocycles. The van der Waals surface area contributed by atoms with E-state index in [1.165, 1.54) is 0 Å². The van der Waals surface area contributed by atoms with Crippen LogP contribution >= 0.6 is 0 Å².